The van der Waals surface area contributed by atoms with E-state index in [9.17, 15) is 18.5 Å². The van der Waals surface area contributed by atoms with Crippen molar-refractivity contribution in [2.45, 2.75) is 44.0 Å². The third-order valence-corrected chi connectivity index (χ3v) is 6.45. The fraction of sp³-hybridized carbons (Fsp3) is 0.438. The van der Waals surface area contributed by atoms with Gasteiger partial charge in [0.25, 0.3) is 5.69 Å². The van der Waals surface area contributed by atoms with E-state index < -0.39 is 26.7 Å². The Hall–Kier alpha value is -2.26. The Kier molecular flexibility index (Phi) is 4.61. The Labute approximate surface area is 145 Å². The third kappa shape index (κ3) is 2.93. The van der Waals surface area contributed by atoms with E-state index in [2.05, 4.69) is 5.16 Å². The Morgan fingerprint density at radius 2 is 2.12 bits per heavy atom. The Balaban J connectivity index is 2.08. The second-order valence-corrected chi connectivity index (χ2v) is 7.82. The Morgan fingerprint density at radius 3 is 2.80 bits per heavy atom. The van der Waals surface area contributed by atoms with Gasteiger partial charge in [-0.25, -0.2) is 8.42 Å². The number of aryl methyl sites for hydroxylation is 2. The number of hydrogen-bond acceptors (Lipinski definition) is 6. The molecule has 0 aliphatic carbocycles. The van der Waals surface area contributed by atoms with E-state index in [1.165, 1.54) is 28.6 Å². The summed E-state index contributed by atoms with van der Waals surface area (Å²) in [6.45, 7) is 4.01. The molecule has 3 rings (SSSR count). The van der Waals surface area contributed by atoms with Crippen LogP contribution >= 0.6 is 0 Å². The summed E-state index contributed by atoms with van der Waals surface area (Å²) in [7, 11) is -4.01. The molecule has 25 heavy (non-hydrogen) atoms. The van der Waals surface area contributed by atoms with Crippen molar-refractivity contribution in [1.82, 2.24) is 9.46 Å². The summed E-state index contributed by atoms with van der Waals surface area (Å²) in [6.07, 6.45) is 1.92. The van der Waals surface area contributed by atoms with Crippen LogP contribution in [0.2, 0.25) is 0 Å². The minimum Gasteiger partial charge on any atom is -0.361 e. The molecule has 1 aromatic heterocycles. The van der Waals surface area contributed by atoms with Gasteiger partial charge >= 0.3 is 0 Å². The van der Waals surface area contributed by atoms with Crippen molar-refractivity contribution in [3.8, 4) is 0 Å². The molecular formula is C16H19N3O5S. The van der Waals surface area contributed by atoms with Crippen LogP contribution in [0.25, 0.3) is 0 Å². The van der Waals surface area contributed by atoms with E-state index >= 15 is 0 Å². The van der Waals surface area contributed by atoms with E-state index in [1.54, 1.807) is 6.92 Å². The number of para-hydroxylation sites is 1. The van der Waals surface area contributed by atoms with Crippen LogP contribution in [-0.2, 0) is 16.4 Å². The lowest BCUT2D eigenvalue weighted by molar-refractivity contribution is -0.387. The molecule has 0 N–H and O–H groups in total. The molecule has 1 aliphatic rings. The zero-order chi connectivity index (χ0) is 18.2. The molecule has 1 saturated heterocycles. The molecule has 2 aromatic rings. The first-order valence-corrected chi connectivity index (χ1v) is 9.52. The molecule has 9 heteroatoms. The zero-order valence-corrected chi connectivity index (χ0v) is 14.8. The van der Waals surface area contributed by atoms with Gasteiger partial charge in [-0.3, -0.25) is 10.1 Å². The van der Waals surface area contributed by atoms with E-state index in [0.29, 0.717) is 37.3 Å². The van der Waals surface area contributed by atoms with Gasteiger partial charge in [-0.15, -0.1) is 0 Å². The number of nitro groups is 1. The Bertz CT molecular complexity index is 906. The predicted octanol–water partition coefficient (Wildman–Crippen LogP) is 2.98. The normalized spacial score (nSPS) is 18.6. The molecule has 1 aliphatic heterocycles. The molecule has 8 nitrogen and oxygen atoms in total. The van der Waals surface area contributed by atoms with Gasteiger partial charge in [-0.05, 0) is 25.8 Å². The lowest BCUT2D eigenvalue weighted by Crippen LogP contribution is -2.31. The highest BCUT2D eigenvalue weighted by molar-refractivity contribution is 7.89. The predicted molar refractivity (Wildman–Crippen MR) is 89.6 cm³/mol. The maximum absolute atomic E-state index is 13.1. The van der Waals surface area contributed by atoms with Crippen LogP contribution in [0, 0.1) is 17.0 Å². The summed E-state index contributed by atoms with van der Waals surface area (Å²) < 4.78 is 32.9. The fourth-order valence-electron chi connectivity index (χ4n) is 3.37. The maximum Gasteiger partial charge on any atom is 0.289 e. The highest BCUT2D eigenvalue weighted by Crippen LogP contribution is 2.40. The third-order valence-electron chi connectivity index (χ3n) is 4.49. The van der Waals surface area contributed by atoms with Gasteiger partial charge in [0.15, 0.2) is 4.90 Å². The Morgan fingerprint density at radius 1 is 1.40 bits per heavy atom. The minimum absolute atomic E-state index is 0.279. The molecular weight excluding hydrogens is 346 g/mol. The van der Waals surface area contributed by atoms with Crippen molar-refractivity contribution in [1.29, 1.82) is 0 Å². The summed E-state index contributed by atoms with van der Waals surface area (Å²) in [5.41, 5.74) is 1.03. The summed E-state index contributed by atoms with van der Waals surface area (Å²) in [6, 6.07) is 5.03. The van der Waals surface area contributed by atoms with Crippen LogP contribution in [0.15, 0.2) is 33.7 Å². The van der Waals surface area contributed by atoms with Crippen molar-refractivity contribution >= 4 is 15.7 Å². The van der Waals surface area contributed by atoms with Crippen LogP contribution < -0.4 is 0 Å². The maximum atomic E-state index is 13.1. The first-order chi connectivity index (χ1) is 11.9. The minimum atomic E-state index is -4.01. The molecule has 1 fully saturated rings. The zero-order valence-electron chi connectivity index (χ0n) is 14.0. The van der Waals surface area contributed by atoms with E-state index in [0.717, 1.165) is 5.56 Å². The summed E-state index contributed by atoms with van der Waals surface area (Å²) in [5, 5.41) is 15.2. The smallest absolute Gasteiger partial charge is 0.289 e. The standard InChI is InChI=1S/C16H19N3O5S/c1-3-14-16(11(2)17-24-14)13-8-6-10-18(13)25(22,23)15-9-5-4-7-12(15)19(20)21/h4-5,7,9,13H,3,6,8,10H2,1-2H3/t13-/m0/s1. The molecule has 134 valence electrons. The molecule has 0 unspecified atom stereocenters. The topological polar surface area (TPSA) is 107 Å². The summed E-state index contributed by atoms with van der Waals surface area (Å²) in [4.78, 5) is 10.3. The summed E-state index contributed by atoms with van der Waals surface area (Å²) >= 11 is 0. The second kappa shape index (κ2) is 6.57. The molecule has 0 spiro atoms. The quantitative estimate of drug-likeness (QED) is 0.595. The molecule has 0 bridgehead atoms. The number of sulfonamides is 1. The van der Waals surface area contributed by atoms with Gasteiger partial charge in [-0.1, -0.05) is 24.2 Å². The molecule has 0 amide bonds. The number of hydrogen-bond donors (Lipinski definition) is 0. The van der Waals surface area contributed by atoms with E-state index in [4.69, 9.17) is 4.52 Å². The molecule has 1 aromatic carbocycles. The first-order valence-electron chi connectivity index (χ1n) is 8.08. The van der Waals surface area contributed by atoms with Crippen LogP contribution in [0.4, 0.5) is 5.69 Å². The van der Waals surface area contributed by atoms with Gasteiger partial charge in [-0.2, -0.15) is 4.31 Å². The van der Waals surface area contributed by atoms with Gasteiger partial charge in [0.2, 0.25) is 10.0 Å². The lowest BCUT2D eigenvalue weighted by Gasteiger charge is -2.24. The molecule has 1 atom stereocenters. The van der Waals surface area contributed by atoms with Gasteiger partial charge in [0.1, 0.15) is 5.76 Å². The van der Waals surface area contributed by atoms with Crippen LogP contribution in [0.5, 0.6) is 0 Å². The SMILES string of the molecule is CCc1onc(C)c1[C@@H]1CCCN1S(=O)(=O)c1ccccc1[N+](=O)[O-]. The number of aromatic nitrogens is 1. The monoisotopic (exact) mass is 365 g/mol. The average Bonchev–Trinajstić information content (AvgIpc) is 3.20. The number of rotatable bonds is 5. The highest BCUT2D eigenvalue weighted by atomic mass is 32.2. The molecule has 0 saturated carbocycles. The molecule has 0 radical (unpaired) electrons. The van der Waals surface area contributed by atoms with Crippen molar-refractivity contribution in [2.24, 2.45) is 0 Å². The highest BCUT2D eigenvalue weighted by Gasteiger charge is 2.41. The van der Waals surface area contributed by atoms with Crippen molar-refractivity contribution < 1.29 is 17.9 Å². The fourth-order valence-corrected chi connectivity index (χ4v) is 5.20. The number of nitrogens with zero attached hydrogens (tertiary/aromatic N) is 3. The van der Waals surface area contributed by atoms with Gasteiger partial charge in [0.05, 0.1) is 16.7 Å². The largest absolute Gasteiger partial charge is 0.361 e. The van der Waals surface area contributed by atoms with Crippen LogP contribution in [-0.4, -0.2) is 29.3 Å². The van der Waals surface area contributed by atoms with Crippen LogP contribution in [0.3, 0.4) is 0 Å². The van der Waals surface area contributed by atoms with Crippen molar-refractivity contribution in [3.05, 3.63) is 51.4 Å². The first kappa shape index (κ1) is 17.6. The van der Waals surface area contributed by atoms with Crippen LogP contribution in [0.1, 0.15) is 42.8 Å². The van der Waals surface area contributed by atoms with Crippen molar-refractivity contribution in [3.63, 3.8) is 0 Å². The van der Waals surface area contributed by atoms with Crippen molar-refractivity contribution in [2.75, 3.05) is 6.54 Å². The van der Waals surface area contributed by atoms with Gasteiger partial charge in [0, 0.05) is 24.6 Å². The summed E-state index contributed by atoms with van der Waals surface area (Å²) in [5.74, 6) is 0.659. The molecule has 2 heterocycles. The van der Waals surface area contributed by atoms with E-state index in [-0.39, 0.29) is 4.90 Å². The number of benzene rings is 1. The van der Waals surface area contributed by atoms with Gasteiger partial charge < -0.3 is 4.52 Å². The second-order valence-electron chi connectivity index (χ2n) is 5.96. The number of nitro benzene ring substituents is 1. The van der Waals surface area contributed by atoms with E-state index in [1.807, 2.05) is 6.92 Å². The average molecular weight is 365 g/mol. The lowest BCUT2D eigenvalue weighted by atomic mass is 10.0.